The second kappa shape index (κ2) is 9.66. The highest BCUT2D eigenvalue weighted by atomic mass is 19.1. The number of ether oxygens (including phenoxy) is 1. The Kier molecular flexibility index (Phi) is 6.03. The van der Waals surface area contributed by atoms with Crippen molar-refractivity contribution in [3.05, 3.63) is 101 Å². The third-order valence-electron chi connectivity index (χ3n) is 7.13. The van der Waals surface area contributed by atoms with Crippen molar-refractivity contribution in [2.45, 2.75) is 18.9 Å². The highest BCUT2D eigenvalue weighted by Crippen LogP contribution is 2.28. The van der Waals surface area contributed by atoms with E-state index >= 15 is 0 Å². The highest BCUT2D eigenvalue weighted by Gasteiger charge is 2.29. The van der Waals surface area contributed by atoms with E-state index in [1.807, 2.05) is 58.0 Å². The molecule has 1 saturated heterocycles. The van der Waals surface area contributed by atoms with Crippen LogP contribution in [0.25, 0.3) is 28.0 Å². The number of methoxy groups -OCH3 is 1. The average molecular weight is 512 g/mol. The number of rotatable bonds is 5. The molecule has 0 unspecified atom stereocenters. The van der Waals surface area contributed by atoms with Gasteiger partial charge in [0, 0.05) is 24.7 Å². The van der Waals surface area contributed by atoms with Crippen molar-refractivity contribution in [1.29, 1.82) is 0 Å². The molecule has 0 spiro atoms. The third-order valence-corrected chi connectivity index (χ3v) is 7.13. The molecule has 6 rings (SSSR count). The second-order valence-corrected chi connectivity index (χ2v) is 9.37. The summed E-state index contributed by atoms with van der Waals surface area (Å²) < 4.78 is 22.2. The van der Waals surface area contributed by atoms with E-state index in [-0.39, 0.29) is 23.5 Å². The number of imidazole rings is 1. The molecule has 1 fully saturated rings. The summed E-state index contributed by atoms with van der Waals surface area (Å²) in [6.45, 7) is 1.02. The zero-order valence-corrected chi connectivity index (χ0v) is 20.8. The minimum Gasteiger partial charge on any atom is -0.497 e. The summed E-state index contributed by atoms with van der Waals surface area (Å²) in [6.07, 6.45) is 1.32. The van der Waals surface area contributed by atoms with Crippen LogP contribution in [0, 0.1) is 5.82 Å². The van der Waals surface area contributed by atoms with Crippen molar-refractivity contribution >= 4 is 16.9 Å². The Bertz CT molecular complexity index is 1660. The smallest absolute Gasteiger partial charge is 0.326 e. The molecule has 38 heavy (non-hydrogen) atoms. The molecule has 0 atom stereocenters. The van der Waals surface area contributed by atoms with Gasteiger partial charge in [0.1, 0.15) is 17.3 Å². The van der Waals surface area contributed by atoms with Crippen LogP contribution in [-0.4, -0.2) is 50.3 Å². The maximum atomic E-state index is 13.8. The van der Waals surface area contributed by atoms with E-state index in [1.165, 1.54) is 12.1 Å². The van der Waals surface area contributed by atoms with Gasteiger partial charge in [-0.1, -0.05) is 12.1 Å². The SMILES string of the molecule is COc1ccc(-n2nc(-c3ccc(F)cc3)cc2C(=O)N2CCC(n3c(=O)[nH]c4ccccc43)CC2)cc1. The predicted molar refractivity (Wildman–Crippen MR) is 142 cm³/mol. The molecule has 2 aromatic heterocycles. The molecule has 0 saturated carbocycles. The second-order valence-electron chi connectivity index (χ2n) is 9.37. The number of likely N-dealkylation sites (tertiary alicyclic amines) is 1. The molecule has 1 N–H and O–H groups in total. The first kappa shape index (κ1) is 23.7. The van der Waals surface area contributed by atoms with Gasteiger partial charge in [-0.25, -0.2) is 13.9 Å². The first-order valence-corrected chi connectivity index (χ1v) is 12.5. The Morgan fingerprint density at radius 2 is 1.71 bits per heavy atom. The van der Waals surface area contributed by atoms with Crippen LogP contribution < -0.4 is 10.4 Å². The number of aromatic nitrogens is 4. The van der Waals surface area contributed by atoms with E-state index in [0.29, 0.717) is 54.3 Å². The molecule has 1 amide bonds. The monoisotopic (exact) mass is 511 g/mol. The number of carbonyl (C=O) groups is 1. The number of hydrogen-bond acceptors (Lipinski definition) is 4. The molecule has 192 valence electrons. The van der Waals surface area contributed by atoms with Crippen LogP contribution in [0.3, 0.4) is 0 Å². The van der Waals surface area contributed by atoms with Crippen molar-refractivity contribution in [1.82, 2.24) is 24.2 Å². The van der Waals surface area contributed by atoms with Crippen molar-refractivity contribution in [3.63, 3.8) is 0 Å². The number of nitrogens with zero attached hydrogens (tertiary/aromatic N) is 4. The predicted octanol–water partition coefficient (Wildman–Crippen LogP) is 4.81. The molecular weight excluding hydrogens is 485 g/mol. The number of benzene rings is 3. The van der Waals surface area contributed by atoms with Crippen LogP contribution in [0.15, 0.2) is 83.7 Å². The van der Waals surface area contributed by atoms with Crippen molar-refractivity contribution in [2.24, 2.45) is 0 Å². The third kappa shape index (κ3) is 4.26. The zero-order valence-electron chi connectivity index (χ0n) is 20.8. The summed E-state index contributed by atoms with van der Waals surface area (Å²) >= 11 is 0. The molecule has 5 aromatic rings. The van der Waals surface area contributed by atoms with Crippen LogP contribution >= 0.6 is 0 Å². The van der Waals surface area contributed by atoms with Gasteiger partial charge >= 0.3 is 5.69 Å². The number of fused-ring (bicyclic) bond motifs is 1. The average Bonchev–Trinajstić information content (AvgIpc) is 3.54. The molecule has 0 bridgehead atoms. The number of halogens is 1. The Morgan fingerprint density at radius 1 is 1.00 bits per heavy atom. The van der Waals surface area contributed by atoms with Gasteiger partial charge in [-0.2, -0.15) is 5.10 Å². The van der Waals surface area contributed by atoms with Gasteiger partial charge in [0.25, 0.3) is 5.91 Å². The number of hydrogen-bond donors (Lipinski definition) is 1. The van der Waals surface area contributed by atoms with Crippen molar-refractivity contribution < 1.29 is 13.9 Å². The van der Waals surface area contributed by atoms with Crippen LogP contribution in [0.1, 0.15) is 29.4 Å². The fraction of sp³-hybridized carbons (Fsp3) is 0.207. The maximum Gasteiger partial charge on any atom is 0.326 e. The van der Waals surface area contributed by atoms with E-state index in [4.69, 9.17) is 9.84 Å². The minimum atomic E-state index is -0.336. The first-order chi connectivity index (χ1) is 18.5. The first-order valence-electron chi connectivity index (χ1n) is 12.5. The molecule has 1 aliphatic heterocycles. The molecule has 1 aliphatic rings. The van der Waals surface area contributed by atoms with E-state index in [0.717, 1.165) is 11.0 Å². The fourth-order valence-electron chi connectivity index (χ4n) is 5.14. The quantitative estimate of drug-likeness (QED) is 0.367. The number of aromatic amines is 1. The standard InChI is InChI=1S/C29H26FN5O3/c1-38-23-12-10-22(11-13-23)35-27(18-25(32-35)19-6-8-20(30)9-7-19)28(36)33-16-14-21(15-17-33)34-26-5-3-2-4-24(26)31-29(34)37/h2-13,18,21H,14-17H2,1H3,(H,31,37). The number of para-hydroxylation sites is 2. The lowest BCUT2D eigenvalue weighted by molar-refractivity contribution is 0.0685. The lowest BCUT2D eigenvalue weighted by atomic mass is 10.0. The lowest BCUT2D eigenvalue weighted by Gasteiger charge is -2.32. The number of nitrogens with one attached hydrogen (secondary N) is 1. The summed E-state index contributed by atoms with van der Waals surface area (Å²) in [7, 11) is 1.60. The van der Waals surface area contributed by atoms with Crippen LogP contribution in [-0.2, 0) is 0 Å². The maximum absolute atomic E-state index is 13.8. The van der Waals surface area contributed by atoms with Gasteiger partial charge in [-0.3, -0.25) is 9.36 Å². The van der Waals surface area contributed by atoms with Crippen LogP contribution in [0.4, 0.5) is 4.39 Å². The summed E-state index contributed by atoms with van der Waals surface area (Å²) in [5, 5.41) is 4.71. The van der Waals surface area contributed by atoms with Gasteiger partial charge in [0.2, 0.25) is 0 Å². The molecule has 0 aliphatic carbocycles. The van der Waals surface area contributed by atoms with E-state index in [9.17, 15) is 14.0 Å². The number of H-pyrrole nitrogens is 1. The normalized spacial score (nSPS) is 14.2. The molecule has 9 heteroatoms. The van der Waals surface area contributed by atoms with Crippen LogP contribution in [0.5, 0.6) is 5.75 Å². The number of amides is 1. The van der Waals surface area contributed by atoms with E-state index in [1.54, 1.807) is 30.0 Å². The van der Waals surface area contributed by atoms with Gasteiger partial charge in [-0.05, 0) is 79.6 Å². The Hall–Kier alpha value is -4.66. The molecule has 3 aromatic carbocycles. The minimum absolute atomic E-state index is 0.00368. The molecule has 3 heterocycles. The summed E-state index contributed by atoms with van der Waals surface area (Å²) in [6, 6.07) is 22.8. The summed E-state index contributed by atoms with van der Waals surface area (Å²) in [5.41, 5.74) is 3.98. The number of piperidine rings is 1. The highest BCUT2D eigenvalue weighted by molar-refractivity contribution is 5.94. The van der Waals surface area contributed by atoms with Crippen molar-refractivity contribution in [2.75, 3.05) is 20.2 Å². The van der Waals surface area contributed by atoms with Gasteiger partial charge in [-0.15, -0.1) is 0 Å². The van der Waals surface area contributed by atoms with Gasteiger partial charge in [0.15, 0.2) is 0 Å². The Labute approximate surface area is 217 Å². The lowest BCUT2D eigenvalue weighted by Crippen LogP contribution is -2.41. The zero-order chi connectivity index (χ0) is 26.2. The molecular formula is C29H26FN5O3. The summed E-state index contributed by atoms with van der Waals surface area (Å²) in [4.78, 5) is 31.2. The summed E-state index contributed by atoms with van der Waals surface area (Å²) in [5.74, 6) is 0.213. The fourth-order valence-corrected chi connectivity index (χ4v) is 5.14. The van der Waals surface area contributed by atoms with Gasteiger partial charge < -0.3 is 14.6 Å². The largest absolute Gasteiger partial charge is 0.497 e. The van der Waals surface area contributed by atoms with E-state index < -0.39 is 0 Å². The van der Waals surface area contributed by atoms with Gasteiger partial charge in [0.05, 0.1) is 29.5 Å². The Morgan fingerprint density at radius 3 is 2.42 bits per heavy atom. The van der Waals surface area contributed by atoms with Crippen molar-refractivity contribution in [3.8, 4) is 22.7 Å². The van der Waals surface area contributed by atoms with Crippen LogP contribution in [0.2, 0.25) is 0 Å². The molecule has 0 radical (unpaired) electrons. The Balaban J connectivity index is 1.29. The molecule has 8 nitrogen and oxygen atoms in total. The topological polar surface area (TPSA) is 85.2 Å². The number of carbonyl (C=O) groups excluding carboxylic acids is 1. The van der Waals surface area contributed by atoms with E-state index in [2.05, 4.69) is 4.98 Å².